The number of methoxy groups -OCH3 is 2. The number of nitrogens with zero attached hydrogens (tertiary/aromatic N) is 2. The van der Waals surface area contributed by atoms with Crippen molar-refractivity contribution in [2.45, 2.75) is 12.8 Å². The quantitative estimate of drug-likeness (QED) is 0.872. The number of rotatable bonds is 5. The average Bonchev–Trinajstić information content (AvgIpc) is 3.12. The Labute approximate surface area is 158 Å². The molecule has 1 aliphatic heterocycles. The molecule has 2 heterocycles. The SMILES string of the molecule is COc1ccc(CC(=O)N2CCCN(C(=O)c3ccc[nH]3)CC2)c(OC)c1. The minimum Gasteiger partial charge on any atom is -0.497 e. The van der Waals surface area contributed by atoms with Crippen LogP contribution in [0.2, 0.25) is 0 Å². The number of amides is 2. The van der Waals surface area contributed by atoms with Gasteiger partial charge in [-0.3, -0.25) is 9.59 Å². The van der Waals surface area contributed by atoms with E-state index in [1.54, 1.807) is 37.4 Å². The lowest BCUT2D eigenvalue weighted by atomic mass is 10.1. The van der Waals surface area contributed by atoms with E-state index in [-0.39, 0.29) is 18.2 Å². The van der Waals surface area contributed by atoms with Crippen molar-refractivity contribution in [3.63, 3.8) is 0 Å². The summed E-state index contributed by atoms with van der Waals surface area (Å²) in [5, 5.41) is 0. The lowest BCUT2D eigenvalue weighted by Crippen LogP contribution is -2.38. The number of ether oxygens (including phenoxy) is 2. The van der Waals surface area contributed by atoms with Gasteiger partial charge in [-0.1, -0.05) is 6.07 Å². The van der Waals surface area contributed by atoms with E-state index in [9.17, 15) is 9.59 Å². The second-order valence-corrected chi connectivity index (χ2v) is 6.46. The molecule has 2 amide bonds. The highest BCUT2D eigenvalue weighted by atomic mass is 16.5. The number of benzene rings is 1. The van der Waals surface area contributed by atoms with E-state index in [2.05, 4.69) is 4.98 Å². The van der Waals surface area contributed by atoms with Crippen LogP contribution in [0, 0.1) is 0 Å². The molecule has 1 aromatic carbocycles. The average molecular weight is 371 g/mol. The second-order valence-electron chi connectivity index (χ2n) is 6.46. The largest absolute Gasteiger partial charge is 0.497 e. The second kappa shape index (κ2) is 8.62. The molecule has 0 unspecified atom stereocenters. The lowest BCUT2D eigenvalue weighted by molar-refractivity contribution is -0.130. The molecule has 1 fully saturated rings. The van der Waals surface area contributed by atoms with Crippen molar-refractivity contribution in [3.05, 3.63) is 47.8 Å². The van der Waals surface area contributed by atoms with Crippen molar-refractivity contribution in [2.24, 2.45) is 0 Å². The normalized spacial score (nSPS) is 14.6. The number of hydrogen-bond acceptors (Lipinski definition) is 4. The van der Waals surface area contributed by atoms with Crippen LogP contribution in [0.25, 0.3) is 0 Å². The van der Waals surface area contributed by atoms with Crippen LogP contribution in [-0.2, 0) is 11.2 Å². The predicted molar refractivity (Wildman–Crippen MR) is 101 cm³/mol. The Morgan fingerprint density at radius 1 is 1.04 bits per heavy atom. The first-order valence-corrected chi connectivity index (χ1v) is 9.03. The summed E-state index contributed by atoms with van der Waals surface area (Å²) in [6.45, 7) is 2.35. The number of carbonyl (C=O) groups is 2. The third-order valence-corrected chi connectivity index (χ3v) is 4.80. The van der Waals surface area contributed by atoms with Gasteiger partial charge in [0.15, 0.2) is 0 Å². The predicted octanol–water partition coefficient (Wildman–Crippen LogP) is 1.95. The van der Waals surface area contributed by atoms with E-state index in [1.165, 1.54) is 0 Å². The Hall–Kier alpha value is -2.96. The molecule has 0 atom stereocenters. The Kier molecular flexibility index (Phi) is 6.01. The molecule has 27 heavy (non-hydrogen) atoms. The van der Waals surface area contributed by atoms with Gasteiger partial charge in [0.05, 0.1) is 20.6 Å². The lowest BCUT2D eigenvalue weighted by Gasteiger charge is -2.22. The van der Waals surface area contributed by atoms with Crippen molar-refractivity contribution in [1.29, 1.82) is 0 Å². The van der Waals surface area contributed by atoms with Gasteiger partial charge in [0.1, 0.15) is 17.2 Å². The van der Waals surface area contributed by atoms with Gasteiger partial charge < -0.3 is 24.3 Å². The molecule has 0 spiro atoms. The van der Waals surface area contributed by atoms with Crippen molar-refractivity contribution < 1.29 is 19.1 Å². The first kappa shape index (κ1) is 18.8. The van der Waals surface area contributed by atoms with Crippen molar-refractivity contribution in [3.8, 4) is 11.5 Å². The zero-order valence-corrected chi connectivity index (χ0v) is 15.7. The number of H-pyrrole nitrogens is 1. The van der Waals surface area contributed by atoms with Crippen LogP contribution in [-0.4, -0.2) is 67.0 Å². The molecule has 7 heteroatoms. The number of hydrogen-bond donors (Lipinski definition) is 1. The number of aromatic amines is 1. The van der Waals surface area contributed by atoms with Gasteiger partial charge in [0.25, 0.3) is 5.91 Å². The topological polar surface area (TPSA) is 74.9 Å². The molecule has 0 aliphatic carbocycles. The first-order valence-electron chi connectivity index (χ1n) is 9.03. The summed E-state index contributed by atoms with van der Waals surface area (Å²) in [4.78, 5) is 31.8. The maximum Gasteiger partial charge on any atom is 0.270 e. The summed E-state index contributed by atoms with van der Waals surface area (Å²) in [7, 11) is 3.18. The molecule has 1 N–H and O–H groups in total. The minimum atomic E-state index is -0.0221. The van der Waals surface area contributed by atoms with Gasteiger partial charge in [-0.25, -0.2) is 0 Å². The molecular formula is C20H25N3O4. The number of aromatic nitrogens is 1. The Morgan fingerprint density at radius 2 is 1.81 bits per heavy atom. The summed E-state index contributed by atoms with van der Waals surface area (Å²) >= 11 is 0. The van der Waals surface area contributed by atoms with Crippen LogP contribution >= 0.6 is 0 Å². The molecule has 1 aromatic heterocycles. The maximum atomic E-state index is 12.8. The maximum absolute atomic E-state index is 12.8. The van der Waals surface area contributed by atoms with E-state index in [0.717, 1.165) is 12.0 Å². The summed E-state index contributed by atoms with van der Waals surface area (Å²) in [5.74, 6) is 1.34. The van der Waals surface area contributed by atoms with E-state index >= 15 is 0 Å². The zero-order chi connectivity index (χ0) is 19.2. The molecular weight excluding hydrogens is 346 g/mol. The molecule has 7 nitrogen and oxygen atoms in total. The van der Waals surface area contributed by atoms with E-state index in [0.29, 0.717) is 43.4 Å². The highest BCUT2D eigenvalue weighted by molar-refractivity contribution is 5.92. The first-order chi connectivity index (χ1) is 13.1. The van der Waals surface area contributed by atoms with Crippen molar-refractivity contribution in [1.82, 2.24) is 14.8 Å². The Bertz CT molecular complexity index is 789. The van der Waals surface area contributed by atoms with Gasteiger partial charge in [-0.05, 0) is 24.6 Å². The third-order valence-electron chi connectivity index (χ3n) is 4.80. The van der Waals surface area contributed by atoms with Gasteiger partial charge in [-0.15, -0.1) is 0 Å². The fourth-order valence-electron chi connectivity index (χ4n) is 3.28. The summed E-state index contributed by atoms with van der Waals surface area (Å²) in [6.07, 6.45) is 2.76. The summed E-state index contributed by atoms with van der Waals surface area (Å²) in [5.41, 5.74) is 1.41. The van der Waals surface area contributed by atoms with Gasteiger partial charge >= 0.3 is 0 Å². The smallest absolute Gasteiger partial charge is 0.270 e. The molecule has 3 rings (SSSR count). The summed E-state index contributed by atoms with van der Waals surface area (Å²) in [6, 6.07) is 9.04. The van der Waals surface area contributed by atoms with Crippen molar-refractivity contribution in [2.75, 3.05) is 40.4 Å². The fraction of sp³-hybridized carbons (Fsp3) is 0.400. The molecule has 1 saturated heterocycles. The zero-order valence-electron chi connectivity index (χ0n) is 15.7. The fourth-order valence-corrected chi connectivity index (χ4v) is 3.28. The monoisotopic (exact) mass is 371 g/mol. The number of carbonyl (C=O) groups excluding carboxylic acids is 2. The van der Waals surface area contributed by atoms with Crippen LogP contribution < -0.4 is 9.47 Å². The molecule has 1 aliphatic rings. The molecule has 0 radical (unpaired) electrons. The van der Waals surface area contributed by atoms with Gasteiger partial charge in [-0.2, -0.15) is 0 Å². The van der Waals surface area contributed by atoms with Gasteiger partial charge in [0.2, 0.25) is 5.91 Å². The van der Waals surface area contributed by atoms with Crippen LogP contribution in [0.4, 0.5) is 0 Å². The van der Waals surface area contributed by atoms with Crippen molar-refractivity contribution >= 4 is 11.8 Å². The molecule has 0 bridgehead atoms. The van der Waals surface area contributed by atoms with Crippen LogP contribution in [0.3, 0.4) is 0 Å². The standard InChI is InChI=1S/C20H25N3O4/c1-26-16-7-6-15(18(14-16)27-2)13-19(24)22-9-4-10-23(12-11-22)20(25)17-5-3-8-21-17/h3,5-8,14,21H,4,9-13H2,1-2H3. The molecule has 2 aromatic rings. The minimum absolute atomic E-state index is 0.0221. The van der Waals surface area contributed by atoms with Crippen LogP contribution in [0.1, 0.15) is 22.5 Å². The molecule has 144 valence electrons. The van der Waals surface area contributed by atoms with E-state index in [1.807, 2.05) is 23.1 Å². The third kappa shape index (κ3) is 4.42. The van der Waals surface area contributed by atoms with Crippen LogP contribution in [0.15, 0.2) is 36.5 Å². The van der Waals surface area contributed by atoms with Crippen LogP contribution in [0.5, 0.6) is 11.5 Å². The van der Waals surface area contributed by atoms with E-state index in [4.69, 9.17) is 9.47 Å². The van der Waals surface area contributed by atoms with Gasteiger partial charge in [0, 0.05) is 44.0 Å². The van der Waals surface area contributed by atoms with E-state index < -0.39 is 0 Å². The molecule has 0 saturated carbocycles. The highest BCUT2D eigenvalue weighted by Crippen LogP contribution is 2.25. The Balaban J connectivity index is 1.62. The Morgan fingerprint density at radius 3 is 2.52 bits per heavy atom. The summed E-state index contributed by atoms with van der Waals surface area (Å²) < 4.78 is 10.6. The highest BCUT2D eigenvalue weighted by Gasteiger charge is 2.23. The number of nitrogens with one attached hydrogen (secondary N) is 1.